The van der Waals surface area contributed by atoms with Gasteiger partial charge in [0.05, 0.1) is 0 Å². The molecule has 0 spiro atoms. The van der Waals surface area contributed by atoms with Gasteiger partial charge in [0.25, 0.3) is 0 Å². The predicted octanol–water partition coefficient (Wildman–Crippen LogP) is 6.22. The van der Waals surface area contributed by atoms with E-state index in [0.717, 1.165) is 17.9 Å². The fraction of sp³-hybridized carbons (Fsp3) is 0.0435. The molecule has 0 unspecified atom stereocenters. The lowest BCUT2D eigenvalue weighted by Crippen LogP contribution is -2.01. The quantitative estimate of drug-likeness (QED) is 0.330. The molecule has 0 saturated carbocycles. The Hall–Kier alpha value is -3.06. The van der Waals surface area contributed by atoms with E-state index in [9.17, 15) is 0 Å². The van der Waals surface area contributed by atoms with Crippen molar-refractivity contribution >= 4 is 10.8 Å². The summed E-state index contributed by atoms with van der Waals surface area (Å²) in [4.78, 5) is 0. The van der Waals surface area contributed by atoms with Gasteiger partial charge in [-0.3, -0.25) is 0 Å². The van der Waals surface area contributed by atoms with Crippen LogP contribution in [0, 0.1) is 0 Å². The molecule has 0 N–H and O–H groups in total. The molecule has 0 radical (unpaired) electrons. The van der Waals surface area contributed by atoms with Crippen molar-refractivity contribution in [3.63, 3.8) is 0 Å². The SMILES string of the molecule is c1ccc2c(c1)Cc1ccccc1O2.c1ccc2ccccc2c1. The standard InChI is InChI=1S/C13H10O.C10H8/c1-3-7-12-10(5-1)9-11-6-2-4-8-13(11)14-12;1-2-6-10-8-4-3-7-9(10)5-1/h1-8H,9H2;1-8H. The molecule has 5 rings (SSSR count). The Morgan fingerprint density at radius 1 is 0.458 bits per heavy atom. The van der Waals surface area contributed by atoms with E-state index in [4.69, 9.17) is 4.74 Å². The van der Waals surface area contributed by atoms with Crippen molar-refractivity contribution in [3.8, 4) is 11.5 Å². The van der Waals surface area contributed by atoms with Crippen molar-refractivity contribution in [2.75, 3.05) is 0 Å². The van der Waals surface area contributed by atoms with E-state index in [0.29, 0.717) is 0 Å². The molecule has 0 bridgehead atoms. The molecule has 116 valence electrons. The molecule has 1 nitrogen and oxygen atoms in total. The minimum Gasteiger partial charge on any atom is -0.457 e. The summed E-state index contributed by atoms with van der Waals surface area (Å²) in [5.74, 6) is 1.98. The Balaban J connectivity index is 0.000000129. The summed E-state index contributed by atoms with van der Waals surface area (Å²) in [7, 11) is 0. The minimum atomic E-state index is 0.979. The van der Waals surface area contributed by atoms with Crippen molar-refractivity contribution in [3.05, 3.63) is 108 Å². The number of rotatable bonds is 0. The van der Waals surface area contributed by atoms with Crippen LogP contribution in [0.1, 0.15) is 11.1 Å². The van der Waals surface area contributed by atoms with E-state index in [1.54, 1.807) is 0 Å². The molecular weight excluding hydrogens is 292 g/mol. The van der Waals surface area contributed by atoms with E-state index in [2.05, 4.69) is 72.8 Å². The maximum absolute atomic E-state index is 5.78. The predicted molar refractivity (Wildman–Crippen MR) is 99.7 cm³/mol. The molecule has 1 aliphatic rings. The van der Waals surface area contributed by atoms with E-state index in [1.165, 1.54) is 21.9 Å². The van der Waals surface area contributed by atoms with Crippen LogP contribution >= 0.6 is 0 Å². The van der Waals surface area contributed by atoms with Crippen LogP contribution in [0.3, 0.4) is 0 Å². The van der Waals surface area contributed by atoms with Crippen molar-refractivity contribution in [1.82, 2.24) is 0 Å². The zero-order valence-electron chi connectivity index (χ0n) is 13.4. The van der Waals surface area contributed by atoms with Crippen molar-refractivity contribution < 1.29 is 4.74 Å². The van der Waals surface area contributed by atoms with Gasteiger partial charge in [-0.15, -0.1) is 0 Å². The van der Waals surface area contributed by atoms with Gasteiger partial charge in [0, 0.05) is 6.42 Å². The third-order valence-electron chi connectivity index (χ3n) is 4.20. The second kappa shape index (κ2) is 6.59. The van der Waals surface area contributed by atoms with Gasteiger partial charge in [-0.1, -0.05) is 84.9 Å². The number of fused-ring (bicyclic) bond motifs is 3. The van der Waals surface area contributed by atoms with Crippen LogP contribution in [-0.4, -0.2) is 0 Å². The maximum atomic E-state index is 5.78. The number of hydrogen-bond acceptors (Lipinski definition) is 1. The average molecular weight is 310 g/mol. The van der Waals surface area contributed by atoms with Gasteiger partial charge >= 0.3 is 0 Å². The number of para-hydroxylation sites is 2. The molecular formula is C23H18O. The average Bonchev–Trinajstić information content (AvgIpc) is 2.67. The zero-order valence-corrected chi connectivity index (χ0v) is 13.4. The van der Waals surface area contributed by atoms with Crippen LogP contribution in [0.2, 0.25) is 0 Å². The second-order valence-electron chi connectivity index (χ2n) is 5.84. The highest BCUT2D eigenvalue weighted by atomic mass is 16.5. The Labute approximate surface area is 142 Å². The number of hydrogen-bond donors (Lipinski definition) is 0. The van der Waals surface area contributed by atoms with Gasteiger partial charge in [0.1, 0.15) is 11.5 Å². The monoisotopic (exact) mass is 310 g/mol. The van der Waals surface area contributed by atoms with Crippen LogP contribution in [0.15, 0.2) is 97.1 Å². The van der Waals surface area contributed by atoms with Crippen LogP contribution < -0.4 is 4.74 Å². The second-order valence-corrected chi connectivity index (χ2v) is 5.84. The van der Waals surface area contributed by atoms with Gasteiger partial charge in [0.2, 0.25) is 0 Å². The molecule has 0 atom stereocenters. The summed E-state index contributed by atoms with van der Waals surface area (Å²) >= 11 is 0. The third-order valence-corrected chi connectivity index (χ3v) is 4.20. The first-order valence-electron chi connectivity index (χ1n) is 8.17. The van der Waals surface area contributed by atoms with Gasteiger partial charge in [-0.25, -0.2) is 0 Å². The number of ether oxygens (including phenoxy) is 1. The lowest BCUT2D eigenvalue weighted by molar-refractivity contribution is 0.460. The molecule has 0 amide bonds. The summed E-state index contributed by atoms with van der Waals surface area (Å²) in [6.07, 6.45) is 0.979. The lowest BCUT2D eigenvalue weighted by Gasteiger charge is -2.19. The van der Waals surface area contributed by atoms with Gasteiger partial charge in [-0.05, 0) is 34.0 Å². The lowest BCUT2D eigenvalue weighted by atomic mass is 10.0. The third kappa shape index (κ3) is 3.02. The van der Waals surface area contributed by atoms with E-state index in [1.807, 2.05) is 24.3 Å². The topological polar surface area (TPSA) is 9.23 Å². The van der Waals surface area contributed by atoms with Gasteiger partial charge in [0.15, 0.2) is 0 Å². The highest BCUT2D eigenvalue weighted by Crippen LogP contribution is 2.35. The molecule has 0 fully saturated rings. The van der Waals surface area contributed by atoms with E-state index in [-0.39, 0.29) is 0 Å². The van der Waals surface area contributed by atoms with Crippen LogP contribution in [0.25, 0.3) is 10.8 Å². The summed E-state index contributed by atoms with van der Waals surface area (Å²) < 4.78 is 5.78. The molecule has 24 heavy (non-hydrogen) atoms. The first-order valence-corrected chi connectivity index (χ1v) is 8.17. The molecule has 0 saturated heterocycles. The van der Waals surface area contributed by atoms with E-state index < -0.39 is 0 Å². The molecule has 1 heterocycles. The Kier molecular flexibility index (Phi) is 3.99. The molecule has 1 heteroatoms. The maximum Gasteiger partial charge on any atom is 0.130 e. The van der Waals surface area contributed by atoms with Crippen molar-refractivity contribution in [2.45, 2.75) is 6.42 Å². The molecule has 0 aliphatic carbocycles. The Morgan fingerprint density at radius 2 is 0.833 bits per heavy atom. The molecule has 1 aliphatic heterocycles. The number of benzene rings is 4. The van der Waals surface area contributed by atoms with Gasteiger partial charge in [-0.2, -0.15) is 0 Å². The van der Waals surface area contributed by atoms with Gasteiger partial charge < -0.3 is 4.74 Å². The zero-order chi connectivity index (χ0) is 16.2. The van der Waals surface area contributed by atoms with Crippen LogP contribution in [-0.2, 0) is 6.42 Å². The highest BCUT2D eigenvalue weighted by molar-refractivity contribution is 5.82. The van der Waals surface area contributed by atoms with Crippen molar-refractivity contribution in [2.24, 2.45) is 0 Å². The fourth-order valence-corrected chi connectivity index (χ4v) is 2.96. The van der Waals surface area contributed by atoms with Crippen molar-refractivity contribution in [1.29, 1.82) is 0 Å². The first kappa shape index (κ1) is 14.5. The summed E-state index contributed by atoms with van der Waals surface area (Å²) in [5.41, 5.74) is 2.54. The minimum absolute atomic E-state index is 0.979. The molecule has 0 aromatic heterocycles. The largest absolute Gasteiger partial charge is 0.457 e. The van der Waals surface area contributed by atoms with Crippen LogP contribution in [0.5, 0.6) is 11.5 Å². The summed E-state index contributed by atoms with van der Waals surface area (Å²) in [6.45, 7) is 0. The Bertz CT molecular complexity index is 819. The van der Waals surface area contributed by atoms with E-state index >= 15 is 0 Å². The summed E-state index contributed by atoms with van der Waals surface area (Å²) in [5, 5.41) is 2.62. The smallest absolute Gasteiger partial charge is 0.130 e. The molecule has 4 aromatic carbocycles. The molecule has 4 aromatic rings. The Morgan fingerprint density at radius 3 is 1.29 bits per heavy atom. The summed E-state index contributed by atoms with van der Waals surface area (Å²) in [6, 6.07) is 33.1. The van der Waals surface area contributed by atoms with Crippen LogP contribution in [0.4, 0.5) is 0 Å². The fourth-order valence-electron chi connectivity index (χ4n) is 2.96. The normalized spacial score (nSPS) is 11.5. The first-order chi connectivity index (χ1) is 11.9. The highest BCUT2D eigenvalue weighted by Gasteiger charge is 2.14.